The van der Waals surface area contributed by atoms with Crippen LogP contribution >= 0.6 is 30.8 Å². The van der Waals surface area contributed by atoms with Crippen molar-refractivity contribution in [3.05, 3.63) is 60.7 Å². The molecule has 0 amide bonds. The summed E-state index contributed by atoms with van der Waals surface area (Å²) < 4.78 is 3.21. The maximum atomic E-state index is 3.21. The summed E-state index contributed by atoms with van der Waals surface area (Å²) in [7, 11) is -0.206. The van der Waals surface area contributed by atoms with Gasteiger partial charge in [-0.1, -0.05) is 60.7 Å². The maximum absolute atomic E-state index is 3.21. The molecular weight excluding hydrogens is 352 g/mol. The second-order valence-corrected chi connectivity index (χ2v) is 7.16. The summed E-state index contributed by atoms with van der Waals surface area (Å²) in [6.07, 6.45) is 2.47. The summed E-state index contributed by atoms with van der Waals surface area (Å²) in [5.41, 5.74) is 0. The van der Waals surface area contributed by atoms with E-state index >= 15 is 0 Å². The SMILES string of the molecule is INCCCP(c1ccccc1)c1ccccc1. The molecule has 0 aliphatic rings. The van der Waals surface area contributed by atoms with Crippen molar-refractivity contribution in [1.82, 2.24) is 3.53 Å². The highest BCUT2D eigenvalue weighted by molar-refractivity contribution is 14.1. The molecule has 1 nitrogen and oxygen atoms in total. The zero-order chi connectivity index (χ0) is 12.6. The average Bonchev–Trinajstić information content (AvgIpc) is 2.46. The molecule has 0 aliphatic carbocycles. The first kappa shape index (κ1) is 14.0. The quantitative estimate of drug-likeness (QED) is 0.356. The van der Waals surface area contributed by atoms with Crippen molar-refractivity contribution in [2.75, 3.05) is 12.7 Å². The van der Waals surface area contributed by atoms with Crippen LogP contribution in [0.1, 0.15) is 6.42 Å². The minimum Gasteiger partial charge on any atom is -0.261 e. The van der Waals surface area contributed by atoms with Crippen molar-refractivity contribution in [3.8, 4) is 0 Å². The van der Waals surface area contributed by atoms with Crippen LogP contribution in [0.25, 0.3) is 0 Å². The van der Waals surface area contributed by atoms with Crippen LogP contribution < -0.4 is 14.1 Å². The highest BCUT2D eigenvalue weighted by atomic mass is 127. The van der Waals surface area contributed by atoms with E-state index in [1.165, 1.54) is 23.2 Å². The molecule has 0 aliphatic heterocycles. The van der Waals surface area contributed by atoms with Crippen molar-refractivity contribution in [2.24, 2.45) is 0 Å². The number of nitrogens with one attached hydrogen (secondary N) is 1. The summed E-state index contributed by atoms with van der Waals surface area (Å²) >= 11 is 2.22. The second kappa shape index (κ2) is 7.88. The molecule has 0 saturated carbocycles. The number of rotatable bonds is 6. The molecule has 0 aromatic heterocycles. The summed E-state index contributed by atoms with van der Waals surface area (Å²) in [5, 5.41) is 2.96. The third-order valence-corrected chi connectivity index (χ3v) is 5.93. The van der Waals surface area contributed by atoms with Gasteiger partial charge in [0.1, 0.15) is 0 Å². The van der Waals surface area contributed by atoms with Crippen molar-refractivity contribution in [1.29, 1.82) is 0 Å². The molecule has 2 rings (SSSR count). The van der Waals surface area contributed by atoms with E-state index < -0.39 is 0 Å². The molecular formula is C15H17INP. The predicted octanol–water partition coefficient (Wildman–Crippen LogP) is 3.45. The van der Waals surface area contributed by atoms with Gasteiger partial charge in [0.25, 0.3) is 0 Å². The van der Waals surface area contributed by atoms with Gasteiger partial charge in [0.05, 0.1) is 0 Å². The van der Waals surface area contributed by atoms with E-state index in [4.69, 9.17) is 0 Å². The molecule has 2 aromatic carbocycles. The topological polar surface area (TPSA) is 12.0 Å². The maximum Gasteiger partial charge on any atom is 0.0169 e. The lowest BCUT2D eigenvalue weighted by Crippen LogP contribution is -2.15. The molecule has 3 heteroatoms. The molecule has 1 N–H and O–H groups in total. The first-order valence-electron chi connectivity index (χ1n) is 6.13. The van der Waals surface area contributed by atoms with E-state index in [1.807, 2.05) is 0 Å². The fourth-order valence-corrected chi connectivity index (χ4v) is 4.66. The summed E-state index contributed by atoms with van der Waals surface area (Å²) in [4.78, 5) is 0. The molecule has 94 valence electrons. The van der Waals surface area contributed by atoms with E-state index in [0.29, 0.717) is 0 Å². The average molecular weight is 369 g/mol. The van der Waals surface area contributed by atoms with E-state index in [9.17, 15) is 0 Å². The first-order valence-corrected chi connectivity index (χ1v) is 8.73. The number of benzene rings is 2. The summed E-state index contributed by atoms with van der Waals surface area (Å²) in [6, 6.07) is 21.8. The third kappa shape index (κ3) is 4.04. The third-order valence-electron chi connectivity index (χ3n) is 2.79. The molecule has 18 heavy (non-hydrogen) atoms. The lowest BCUT2D eigenvalue weighted by Gasteiger charge is -2.18. The van der Waals surface area contributed by atoms with E-state index in [0.717, 1.165) is 6.54 Å². The van der Waals surface area contributed by atoms with Gasteiger partial charge < -0.3 is 0 Å². The van der Waals surface area contributed by atoms with Crippen molar-refractivity contribution >= 4 is 41.4 Å². The van der Waals surface area contributed by atoms with E-state index in [1.54, 1.807) is 0 Å². The molecule has 0 fully saturated rings. The fraction of sp³-hybridized carbons (Fsp3) is 0.200. The van der Waals surface area contributed by atoms with Crippen molar-refractivity contribution in [3.63, 3.8) is 0 Å². The Morgan fingerprint density at radius 2 is 1.33 bits per heavy atom. The summed E-state index contributed by atoms with van der Waals surface area (Å²) in [6.45, 7) is 1.08. The predicted molar refractivity (Wildman–Crippen MR) is 90.6 cm³/mol. The highest BCUT2D eigenvalue weighted by Gasteiger charge is 2.12. The van der Waals surface area contributed by atoms with Gasteiger partial charge in [-0.2, -0.15) is 0 Å². The Balaban J connectivity index is 2.18. The Morgan fingerprint density at radius 3 is 1.78 bits per heavy atom. The molecule has 2 aromatic rings. The Bertz CT molecular complexity index is 407. The Kier molecular flexibility index (Phi) is 6.12. The molecule has 0 saturated heterocycles. The van der Waals surface area contributed by atoms with Crippen LogP contribution in [0.5, 0.6) is 0 Å². The van der Waals surface area contributed by atoms with Gasteiger partial charge >= 0.3 is 0 Å². The normalized spacial score (nSPS) is 10.8. The molecule has 0 heterocycles. The van der Waals surface area contributed by atoms with Crippen LogP contribution in [0.15, 0.2) is 60.7 Å². The number of hydrogen-bond donors (Lipinski definition) is 1. The van der Waals surface area contributed by atoms with Crippen LogP contribution in [-0.2, 0) is 0 Å². The van der Waals surface area contributed by atoms with Gasteiger partial charge in [-0.05, 0) is 31.1 Å². The molecule has 0 radical (unpaired) electrons. The minimum atomic E-state index is -0.206. The van der Waals surface area contributed by atoms with Crippen LogP contribution in [0, 0.1) is 0 Å². The van der Waals surface area contributed by atoms with Gasteiger partial charge in [0.2, 0.25) is 0 Å². The highest BCUT2D eigenvalue weighted by Crippen LogP contribution is 2.33. The first-order chi connectivity index (χ1) is 8.92. The standard InChI is InChI=1S/C15H17INP/c16-17-12-7-13-18(14-8-3-1-4-9-14)15-10-5-2-6-11-15/h1-6,8-11,17H,7,12-13H2. The second-order valence-electron chi connectivity index (χ2n) is 4.06. The lowest BCUT2D eigenvalue weighted by molar-refractivity contribution is 0.907. The van der Waals surface area contributed by atoms with Gasteiger partial charge in [0.15, 0.2) is 0 Å². The van der Waals surface area contributed by atoms with E-state index in [2.05, 4.69) is 87.1 Å². The van der Waals surface area contributed by atoms with Crippen LogP contribution in [0.2, 0.25) is 0 Å². The molecule has 0 atom stereocenters. The van der Waals surface area contributed by atoms with Crippen molar-refractivity contribution < 1.29 is 0 Å². The van der Waals surface area contributed by atoms with Gasteiger partial charge in [-0.15, -0.1) is 0 Å². The summed E-state index contributed by atoms with van der Waals surface area (Å²) in [5.74, 6) is 0. The van der Waals surface area contributed by atoms with Gasteiger partial charge in [-0.25, -0.2) is 0 Å². The van der Waals surface area contributed by atoms with Gasteiger partial charge in [0, 0.05) is 29.4 Å². The van der Waals surface area contributed by atoms with Crippen LogP contribution in [0.4, 0.5) is 0 Å². The smallest absolute Gasteiger partial charge is 0.0169 e. The van der Waals surface area contributed by atoms with Crippen LogP contribution in [0.3, 0.4) is 0 Å². The van der Waals surface area contributed by atoms with Gasteiger partial charge in [-0.3, -0.25) is 3.53 Å². The lowest BCUT2D eigenvalue weighted by atomic mass is 10.4. The molecule has 0 spiro atoms. The monoisotopic (exact) mass is 369 g/mol. The minimum absolute atomic E-state index is 0.206. The largest absolute Gasteiger partial charge is 0.261 e. The Morgan fingerprint density at radius 1 is 0.833 bits per heavy atom. The van der Waals surface area contributed by atoms with E-state index in [-0.39, 0.29) is 7.92 Å². The Hall–Kier alpha value is -0.440. The number of hydrogen-bond acceptors (Lipinski definition) is 1. The zero-order valence-corrected chi connectivity index (χ0v) is 13.3. The molecule has 0 unspecified atom stereocenters. The fourth-order valence-electron chi connectivity index (χ4n) is 1.93. The van der Waals surface area contributed by atoms with Crippen molar-refractivity contribution in [2.45, 2.75) is 6.42 Å². The number of halogens is 1. The Labute approximate surface area is 124 Å². The zero-order valence-electron chi connectivity index (χ0n) is 10.2. The molecule has 0 bridgehead atoms. The van der Waals surface area contributed by atoms with Crippen LogP contribution in [-0.4, -0.2) is 12.7 Å².